The summed E-state index contributed by atoms with van der Waals surface area (Å²) in [4.78, 5) is 11.9. The largest absolute Gasteiger partial charge is 0.465 e. The number of carbonyl (C=O) groups is 1. The average molecular weight is 321 g/mol. The first-order chi connectivity index (χ1) is 11.7. The number of methoxy groups -OCH3 is 1. The molecule has 2 aromatic carbocycles. The first kappa shape index (κ1) is 16.1. The summed E-state index contributed by atoms with van der Waals surface area (Å²) in [5.41, 5.74) is 2.15. The Morgan fingerprint density at radius 2 is 1.92 bits per heavy atom. The second-order valence-corrected chi connectivity index (χ2v) is 6.08. The van der Waals surface area contributed by atoms with Crippen molar-refractivity contribution in [2.45, 2.75) is 25.7 Å². The zero-order chi connectivity index (χ0) is 16.9. The molecule has 0 spiro atoms. The smallest absolute Gasteiger partial charge is 0.337 e. The highest BCUT2D eigenvalue weighted by Crippen LogP contribution is 2.34. The van der Waals surface area contributed by atoms with E-state index in [-0.39, 0.29) is 5.97 Å². The van der Waals surface area contributed by atoms with E-state index in [9.17, 15) is 4.79 Å². The Kier molecular flexibility index (Phi) is 4.81. The van der Waals surface area contributed by atoms with E-state index >= 15 is 0 Å². The van der Waals surface area contributed by atoms with Crippen LogP contribution in [0.1, 0.15) is 40.7 Å². The van der Waals surface area contributed by atoms with Crippen LogP contribution in [0.5, 0.6) is 11.5 Å². The number of carbonyl (C=O) groups excluding carboxylic acids is 1. The third-order valence-corrected chi connectivity index (χ3v) is 4.14. The summed E-state index contributed by atoms with van der Waals surface area (Å²) in [6.45, 7) is 0. The van der Waals surface area contributed by atoms with Gasteiger partial charge in [-0.1, -0.05) is 12.8 Å². The van der Waals surface area contributed by atoms with Crippen molar-refractivity contribution < 1.29 is 14.3 Å². The van der Waals surface area contributed by atoms with Crippen molar-refractivity contribution >= 4 is 5.97 Å². The number of hydrogen-bond acceptors (Lipinski definition) is 4. The van der Waals surface area contributed by atoms with Gasteiger partial charge in [-0.25, -0.2) is 4.79 Å². The monoisotopic (exact) mass is 321 g/mol. The molecule has 1 saturated carbocycles. The highest BCUT2D eigenvalue weighted by atomic mass is 16.5. The Morgan fingerprint density at radius 3 is 2.54 bits per heavy atom. The zero-order valence-electron chi connectivity index (χ0n) is 13.6. The maximum absolute atomic E-state index is 11.9. The van der Waals surface area contributed by atoms with E-state index in [0.29, 0.717) is 22.6 Å². The SMILES string of the molecule is COC(=O)c1cc(CCC2CC2)cc(Oc2ccc(C#N)cc2)c1. The van der Waals surface area contributed by atoms with Crippen LogP contribution in [0.4, 0.5) is 0 Å². The first-order valence-corrected chi connectivity index (χ1v) is 8.08. The number of hydrogen-bond donors (Lipinski definition) is 0. The van der Waals surface area contributed by atoms with Crippen LogP contribution in [-0.2, 0) is 11.2 Å². The molecular weight excluding hydrogens is 302 g/mol. The summed E-state index contributed by atoms with van der Waals surface area (Å²) in [6, 6.07) is 14.5. The molecule has 2 aromatic rings. The maximum atomic E-state index is 11.9. The van der Waals surface area contributed by atoms with Crippen molar-refractivity contribution in [2.24, 2.45) is 5.92 Å². The Labute approximate surface area is 141 Å². The molecule has 1 aliphatic carbocycles. The van der Waals surface area contributed by atoms with Gasteiger partial charge in [-0.05, 0) is 66.8 Å². The van der Waals surface area contributed by atoms with Crippen LogP contribution in [0, 0.1) is 17.2 Å². The van der Waals surface area contributed by atoms with E-state index in [2.05, 4.69) is 6.07 Å². The van der Waals surface area contributed by atoms with E-state index in [1.54, 1.807) is 30.3 Å². The molecule has 0 saturated heterocycles. The van der Waals surface area contributed by atoms with Gasteiger partial charge in [-0.15, -0.1) is 0 Å². The van der Waals surface area contributed by atoms with Gasteiger partial charge in [0, 0.05) is 0 Å². The number of benzene rings is 2. The molecule has 1 aliphatic rings. The molecule has 122 valence electrons. The van der Waals surface area contributed by atoms with Crippen molar-refractivity contribution in [3.63, 3.8) is 0 Å². The minimum atomic E-state index is -0.368. The second-order valence-electron chi connectivity index (χ2n) is 6.08. The molecule has 0 atom stereocenters. The number of nitrogens with zero attached hydrogens (tertiary/aromatic N) is 1. The van der Waals surface area contributed by atoms with Gasteiger partial charge in [0.05, 0.1) is 24.3 Å². The fourth-order valence-corrected chi connectivity index (χ4v) is 2.61. The van der Waals surface area contributed by atoms with E-state index in [1.165, 1.54) is 20.0 Å². The summed E-state index contributed by atoms with van der Waals surface area (Å²) in [7, 11) is 1.38. The number of aryl methyl sites for hydroxylation is 1. The van der Waals surface area contributed by atoms with Crippen LogP contribution in [0.15, 0.2) is 42.5 Å². The predicted molar refractivity (Wildman–Crippen MR) is 90.1 cm³/mol. The Morgan fingerprint density at radius 1 is 1.17 bits per heavy atom. The van der Waals surface area contributed by atoms with Gasteiger partial charge < -0.3 is 9.47 Å². The minimum absolute atomic E-state index is 0.368. The van der Waals surface area contributed by atoms with Gasteiger partial charge in [0.25, 0.3) is 0 Å². The summed E-state index contributed by atoms with van der Waals surface area (Å²) in [5.74, 6) is 1.69. The van der Waals surface area contributed by atoms with Crippen LogP contribution < -0.4 is 4.74 Å². The molecule has 24 heavy (non-hydrogen) atoms. The molecular formula is C20H19NO3. The zero-order valence-corrected chi connectivity index (χ0v) is 13.6. The third kappa shape index (κ3) is 4.14. The molecule has 0 unspecified atom stereocenters. The van der Waals surface area contributed by atoms with Crippen LogP contribution >= 0.6 is 0 Å². The highest BCUT2D eigenvalue weighted by molar-refractivity contribution is 5.90. The lowest BCUT2D eigenvalue weighted by Gasteiger charge is -2.10. The lowest BCUT2D eigenvalue weighted by atomic mass is 10.0. The maximum Gasteiger partial charge on any atom is 0.337 e. The van der Waals surface area contributed by atoms with E-state index < -0.39 is 0 Å². The summed E-state index contributed by atoms with van der Waals surface area (Å²) in [5, 5.41) is 8.85. The van der Waals surface area contributed by atoms with Crippen molar-refractivity contribution in [1.82, 2.24) is 0 Å². The second kappa shape index (κ2) is 7.18. The van der Waals surface area contributed by atoms with Crippen LogP contribution in [0.25, 0.3) is 0 Å². The molecule has 0 aromatic heterocycles. The van der Waals surface area contributed by atoms with E-state index in [1.807, 2.05) is 12.1 Å². The number of rotatable bonds is 6. The normalized spacial score (nSPS) is 13.2. The van der Waals surface area contributed by atoms with Crippen molar-refractivity contribution in [1.29, 1.82) is 5.26 Å². The van der Waals surface area contributed by atoms with Gasteiger partial charge in [0.15, 0.2) is 0 Å². The summed E-state index contributed by atoms with van der Waals surface area (Å²) in [6.07, 6.45) is 4.69. The minimum Gasteiger partial charge on any atom is -0.465 e. The molecule has 3 rings (SSSR count). The summed E-state index contributed by atoms with van der Waals surface area (Å²) >= 11 is 0. The van der Waals surface area contributed by atoms with Crippen LogP contribution in [0.2, 0.25) is 0 Å². The number of ether oxygens (including phenoxy) is 2. The quantitative estimate of drug-likeness (QED) is 0.736. The molecule has 4 nitrogen and oxygen atoms in total. The Hall–Kier alpha value is -2.80. The number of esters is 1. The highest BCUT2D eigenvalue weighted by Gasteiger charge is 2.21. The van der Waals surface area contributed by atoms with E-state index in [4.69, 9.17) is 14.7 Å². The van der Waals surface area contributed by atoms with Gasteiger partial charge in [0.2, 0.25) is 0 Å². The van der Waals surface area contributed by atoms with Crippen molar-refractivity contribution in [3.05, 3.63) is 59.2 Å². The van der Waals surface area contributed by atoms with Gasteiger partial charge in [0.1, 0.15) is 11.5 Å². The summed E-state index contributed by atoms with van der Waals surface area (Å²) < 4.78 is 10.7. The fraction of sp³-hybridized carbons (Fsp3) is 0.300. The Bertz CT molecular complexity index is 770. The number of nitriles is 1. The lowest BCUT2D eigenvalue weighted by Crippen LogP contribution is -2.03. The standard InChI is InChI=1S/C20H19NO3/c1-23-20(22)17-10-16(5-4-14-2-3-14)11-19(12-17)24-18-8-6-15(13-21)7-9-18/h6-12,14H,2-5H2,1H3. The van der Waals surface area contributed by atoms with Gasteiger partial charge in [-0.2, -0.15) is 5.26 Å². The first-order valence-electron chi connectivity index (χ1n) is 8.08. The molecule has 0 aliphatic heterocycles. The average Bonchev–Trinajstić information content (AvgIpc) is 3.44. The van der Waals surface area contributed by atoms with Crippen molar-refractivity contribution in [2.75, 3.05) is 7.11 Å². The van der Waals surface area contributed by atoms with E-state index in [0.717, 1.165) is 24.3 Å². The third-order valence-electron chi connectivity index (χ3n) is 4.14. The molecule has 1 fully saturated rings. The van der Waals surface area contributed by atoms with Gasteiger partial charge >= 0.3 is 5.97 Å². The predicted octanol–water partition coefficient (Wildman–Crippen LogP) is 4.48. The molecule has 0 bridgehead atoms. The fourth-order valence-electron chi connectivity index (χ4n) is 2.61. The molecule has 0 radical (unpaired) electrons. The molecule has 0 heterocycles. The topological polar surface area (TPSA) is 59.3 Å². The molecule has 4 heteroatoms. The van der Waals surface area contributed by atoms with Gasteiger partial charge in [-0.3, -0.25) is 0 Å². The van der Waals surface area contributed by atoms with Crippen molar-refractivity contribution in [3.8, 4) is 17.6 Å². The van der Waals surface area contributed by atoms with Crippen LogP contribution in [-0.4, -0.2) is 13.1 Å². The lowest BCUT2D eigenvalue weighted by molar-refractivity contribution is 0.0600. The Balaban J connectivity index is 1.82. The molecule has 0 amide bonds. The molecule has 0 N–H and O–H groups in total. The van der Waals surface area contributed by atoms with Crippen LogP contribution in [0.3, 0.4) is 0 Å².